The SMILES string of the molecule is CCCCCCCC1Oc2ccc(-c3ncc(-c4ccccc4O[SiH2]CCC(C)CC(C)CCCC)cn3)c(F)c2C1(F)F. The molecule has 0 bridgehead atoms. The third-order valence-corrected chi connectivity index (χ3v) is 9.94. The molecule has 44 heavy (non-hydrogen) atoms. The summed E-state index contributed by atoms with van der Waals surface area (Å²) in [6.07, 6.45) is 13.0. The lowest BCUT2D eigenvalue weighted by Crippen LogP contribution is -2.30. The second-order valence-corrected chi connectivity index (χ2v) is 14.0. The highest BCUT2D eigenvalue weighted by Crippen LogP contribution is 2.50. The quantitative estimate of drug-likeness (QED) is 0.104. The summed E-state index contributed by atoms with van der Waals surface area (Å²) in [5.74, 6) is -2.20. The van der Waals surface area contributed by atoms with Crippen molar-refractivity contribution in [1.82, 2.24) is 9.97 Å². The normalized spacial score (nSPS) is 17.0. The van der Waals surface area contributed by atoms with Crippen LogP contribution >= 0.6 is 0 Å². The molecule has 4 nitrogen and oxygen atoms in total. The highest BCUT2D eigenvalue weighted by Gasteiger charge is 2.53. The Morgan fingerprint density at radius 1 is 0.886 bits per heavy atom. The maximum absolute atomic E-state index is 15.6. The van der Waals surface area contributed by atoms with Crippen LogP contribution in [0.1, 0.15) is 104 Å². The van der Waals surface area contributed by atoms with Crippen molar-refractivity contribution >= 4 is 9.76 Å². The van der Waals surface area contributed by atoms with Gasteiger partial charge in [-0.05, 0) is 55.3 Å². The molecular formula is C36H49F3N2O2Si. The van der Waals surface area contributed by atoms with E-state index in [2.05, 4.69) is 37.7 Å². The van der Waals surface area contributed by atoms with Gasteiger partial charge in [0.2, 0.25) is 9.76 Å². The molecule has 3 unspecified atom stereocenters. The minimum Gasteiger partial charge on any atom is -0.549 e. The van der Waals surface area contributed by atoms with Crippen LogP contribution in [-0.4, -0.2) is 25.8 Å². The van der Waals surface area contributed by atoms with Crippen molar-refractivity contribution in [1.29, 1.82) is 0 Å². The van der Waals surface area contributed by atoms with E-state index in [-0.39, 0.29) is 23.6 Å². The summed E-state index contributed by atoms with van der Waals surface area (Å²) < 4.78 is 58.1. The lowest BCUT2D eigenvalue weighted by atomic mass is 9.92. The van der Waals surface area contributed by atoms with Gasteiger partial charge < -0.3 is 9.16 Å². The molecule has 8 heteroatoms. The van der Waals surface area contributed by atoms with E-state index in [9.17, 15) is 0 Å². The molecule has 0 saturated carbocycles. The molecule has 0 fully saturated rings. The predicted molar refractivity (Wildman–Crippen MR) is 176 cm³/mol. The van der Waals surface area contributed by atoms with E-state index >= 15 is 13.2 Å². The fraction of sp³-hybridized carbons (Fsp3) is 0.556. The summed E-state index contributed by atoms with van der Waals surface area (Å²) in [5.41, 5.74) is 0.852. The molecule has 240 valence electrons. The van der Waals surface area contributed by atoms with Gasteiger partial charge in [0.25, 0.3) is 0 Å². The minimum atomic E-state index is -3.41. The van der Waals surface area contributed by atoms with Gasteiger partial charge >= 0.3 is 5.92 Å². The van der Waals surface area contributed by atoms with Gasteiger partial charge in [-0.25, -0.2) is 14.4 Å². The van der Waals surface area contributed by atoms with Crippen LogP contribution in [-0.2, 0) is 5.92 Å². The molecule has 0 radical (unpaired) electrons. The van der Waals surface area contributed by atoms with E-state index in [1.54, 1.807) is 12.4 Å². The summed E-state index contributed by atoms with van der Waals surface area (Å²) in [5, 5.41) is 0. The number of unbranched alkanes of at least 4 members (excludes halogenated alkanes) is 5. The second-order valence-electron chi connectivity index (χ2n) is 12.6. The lowest BCUT2D eigenvalue weighted by Gasteiger charge is -2.18. The van der Waals surface area contributed by atoms with E-state index in [1.165, 1.54) is 44.2 Å². The Kier molecular flexibility index (Phi) is 12.7. The van der Waals surface area contributed by atoms with E-state index in [1.807, 2.05) is 24.3 Å². The maximum atomic E-state index is 15.6. The van der Waals surface area contributed by atoms with Crippen LogP contribution in [0.3, 0.4) is 0 Å². The van der Waals surface area contributed by atoms with Gasteiger partial charge in [0.15, 0.2) is 11.9 Å². The van der Waals surface area contributed by atoms with Crippen molar-refractivity contribution in [2.75, 3.05) is 0 Å². The monoisotopic (exact) mass is 626 g/mol. The third kappa shape index (κ3) is 8.64. The number of para-hydroxylation sites is 1. The summed E-state index contributed by atoms with van der Waals surface area (Å²) in [7, 11) is -0.764. The number of hydrogen-bond acceptors (Lipinski definition) is 4. The molecule has 2 aromatic carbocycles. The van der Waals surface area contributed by atoms with Crippen molar-refractivity contribution < 1.29 is 22.3 Å². The number of alkyl halides is 2. The maximum Gasteiger partial charge on any atom is 0.315 e. The van der Waals surface area contributed by atoms with Gasteiger partial charge in [0.05, 0.1) is 5.56 Å². The molecule has 0 saturated heterocycles. The first-order chi connectivity index (χ1) is 21.3. The largest absolute Gasteiger partial charge is 0.549 e. The molecule has 2 heterocycles. The Labute approximate surface area is 264 Å². The van der Waals surface area contributed by atoms with E-state index < -0.39 is 33.2 Å². The fourth-order valence-electron chi connectivity index (χ4n) is 6.23. The molecule has 1 aliphatic rings. The highest BCUT2D eigenvalue weighted by molar-refractivity contribution is 6.28. The molecule has 0 aliphatic carbocycles. The number of ether oxygens (including phenoxy) is 1. The van der Waals surface area contributed by atoms with Gasteiger partial charge in [0, 0.05) is 23.5 Å². The Bertz CT molecular complexity index is 1320. The molecule has 3 aromatic rings. The van der Waals surface area contributed by atoms with Gasteiger partial charge in [-0.3, -0.25) is 0 Å². The molecule has 1 aromatic heterocycles. The first kappa shape index (κ1) is 34.0. The smallest absolute Gasteiger partial charge is 0.315 e. The van der Waals surface area contributed by atoms with Crippen LogP contribution in [0.15, 0.2) is 48.8 Å². The fourth-order valence-corrected chi connectivity index (χ4v) is 7.71. The van der Waals surface area contributed by atoms with Gasteiger partial charge in [-0.1, -0.05) is 97.3 Å². The van der Waals surface area contributed by atoms with Gasteiger partial charge in [-0.2, -0.15) is 8.78 Å². The van der Waals surface area contributed by atoms with Crippen LogP contribution in [0, 0.1) is 17.7 Å². The summed E-state index contributed by atoms with van der Waals surface area (Å²) in [6, 6.07) is 11.7. The number of aromatic nitrogens is 2. The minimum absolute atomic E-state index is 0.0581. The number of benzene rings is 2. The highest BCUT2D eigenvalue weighted by atomic mass is 28.2. The van der Waals surface area contributed by atoms with E-state index in [0.29, 0.717) is 12.3 Å². The molecule has 0 N–H and O–H groups in total. The zero-order valence-electron chi connectivity index (χ0n) is 26.9. The Morgan fingerprint density at radius 2 is 1.59 bits per heavy atom. The Balaban J connectivity index is 1.39. The Hall–Kier alpha value is -2.87. The van der Waals surface area contributed by atoms with Crippen molar-refractivity contribution in [3.63, 3.8) is 0 Å². The molecule has 3 atom stereocenters. The topological polar surface area (TPSA) is 44.2 Å². The molecule has 0 spiro atoms. The average molecular weight is 627 g/mol. The summed E-state index contributed by atoms with van der Waals surface area (Å²) in [4.78, 5) is 8.77. The first-order valence-corrected chi connectivity index (χ1v) is 18.3. The third-order valence-electron chi connectivity index (χ3n) is 8.73. The van der Waals surface area contributed by atoms with Crippen LogP contribution < -0.4 is 9.16 Å². The number of rotatable bonds is 18. The lowest BCUT2D eigenvalue weighted by molar-refractivity contribution is -0.0811. The first-order valence-electron chi connectivity index (χ1n) is 16.7. The van der Waals surface area contributed by atoms with E-state index in [4.69, 9.17) is 9.16 Å². The zero-order valence-corrected chi connectivity index (χ0v) is 28.3. The van der Waals surface area contributed by atoms with Crippen molar-refractivity contribution in [2.45, 2.75) is 116 Å². The molecule has 4 rings (SSSR count). The van der Waals surface area contributed by atoms with E-state index in [0.717, 1.165) is 54.5 Å². The number of hydrogen-bond donors (Lipinski definition) is 0. The summed E-state index contributed by atoms with van der Waals surface area (Å²) >= 11 is 0. The second kappa shape index (κ2) is 16.4. The number of halogens is 3. The van der Waals surface area contributed by atoms with Gasteiger partial charge in [-0.15, -0.1) is 0 Å². The summed E-state index contributed by atoms with van der Waals surface area (Å²) in [6.45, 7) is 9.06. The van der Waals surface area contributed by atoms with Crippen molar-refractivity contribution in [2.24, 2.45) is 11.8 Å². The Morgan fingerprint density at radius 3 is 2.34 bits per heavy atom. The van der Waals surface area contributed by atoms with Crippen LogP contribution in [0.5, 0.6) is 11.5 Å². The van der Waals surface area contributed by atoms with Crippen LogP contribution in [0.2, 0.25) is 6.04 Å². The average Bonchev–Trinajstić information content (AvgIpc) is 3.28. The van der Waals surface area contributed by atoms with Crippen molar-refractivity contribution in [3.8, 4) is 34.0 Å². The predicted octanol–water partition coefficient (Wildman–Crippen LogP) is 10.3. The van der Waals surface area contributed by atoms with Gasteiger partial charge in [0.1, 0.15) is 22.9 Å². The standard InChI is InChI=1S/C36H49F3N2O2Si/c1-5-7-9-10-11-17-32-36(38,39)33-31(42-32)19-18-29(34(33)37)35-40-23-27(24-41-35)28-15-12-13-16-30(28)43-44-21-20-26(4)22-25(3)14-8-6-2/h12-13,15-16,18-19,23-26,32H,5-11,14,17,20-22,44H2,1-4H3. The van der Waals surface area contributed by atoms with Crippen LogP contribution in [0.4, 0.5) is 13.2 Å². The zero-order chi connectivity index (χ0) is 31.5. The number of fused-ring (bicyclic) bond motifs is 1. The molecule has 1 aliphatic heterocycles. The molecular weight excluding hydrogens is 577 g/mol. The van der Waals surface area contributed by atoms with Crippen LogP contribution in [0.25, 0.3) is 22.5 Å². The van der Waals surface area contributed by atoms with Crippen molar-refractivity contribution in [3.05, 3.63) is 60.2 Å². The molecule has 0 amide bonds. The number of nitrogens with zero attached hydrogens (tertiary/aromatic N) is 2.